The Bertz CT molecular complexity index is 956. The Labute approximate surface area is 173 Å². The summed E-state index contributed by atoms with van der Waals surface area (Å²) in [5.41, 5.74) is 1.45. The number of piperazine rings is 1. The first-order valence-corrected chi connectivity index (χ1v) is 9.72. The molecule has 28 heavy (non-hydrogen) atoms. The van der Waals surface area contributed by atoms with Gasteiger partial charge in [0.15, 0.2) is 10.8 Å². The van der Waals surface area contributed by atoms with Crippen LogP contribution in [0.3, 0.4) is 0 Å². The number of aromatic nitrogens is 1. The second-order valence-electron chi connectivity index (χ2n) is 6.41. The van der Waals surface area contributed by atoms with Crippen molar-refractivity contribution >= 4 is 29.7 Å². The normalized spacial score (nSPS) is 16.5. The van der Waals surface area contributed by atoms with Gasteiger partial charge in [0.1, 0.15) is 17.2 Å². The van der Waals surface area contributed by atoms with Gasteiger partial charge in [-0.1, -0.05) is 18.2 Å². The second-order valence-corrected chi connectivity index (χ2v) is 7.27. The molecule has 1 aliphatic rings. The third-order valence-electron chi connectivity index (χ3n) is 4.68. The van der Waals surface area contributed by atoms with E-state index in [0.717, 1.165) is 28.6 Å². The number of thiazole rings is 1. The molecule has 0 saturated carbocycles. The zero-order valence-corrected chi connectivity index (χ0v) is 17.3. The van der Waals surface area contributed by atoms with E-state index < -0.39 is 0 Å². The Hall–Kier alpha value is -2.35. The molecule has 3 heterocycles. The molecule has 1 amide bonds. The molecule has 1 saturated heterocycles. The molecule has 8 heteroatoms. The summed E-state index contributed by atoms with van der Waals surface area (Å²) in [4.78, 5) is 19.6. The van der Waals surface area contributed by atoms with Gasteiger partial charge in [-0.25, -0.2) is 4.98 Å². The summed E-state index contributed by atoms with van der Waals surface area (Å²) in [6, 6.07) is 11.5. The molecule has 148 valence electrons. The van der Waals surface area contributed by atoms with E-state index >= 15 is 0 Å². The molecule has 1 aliphatic heterocycles. The maximum Gasteiger partial charge on any atom is 0.273 e. The lowest BCUT2D eigenvalue weighted by Gasteiger charge is -2.36. The van der Waals surface area contributed by atoms with Crippen molar-refractivity contribution in [2.75, 3.05) is 26.7 Å². The highest BCUT2D eigenvalue weighted by Gasteiger charge is 2.31. The maximum absolute atomic E-state index is 13.2. The molecular formula is C20H22ClN3O3S. The number of nitrogens with zero attached hydrogens (tertiary/aromatic N) is 2. The average molecular weight is 420 g/mol. The van der Waals surface area contributed by atoms with Crippen molar-refractivity contribution in [1.29, 1.82) is 0 Å². The second kappa shape index (κ2) is 8.77. The Morgan fingerprint density at radius 3 is 2.89 bits per heavy atom. The van der Waals surface area contributed by atoms with E-state index in [1.54, 1.807) is 12.5 Å². The number of hydrogen-bond acceptors (Lipinski definition) is 6. The number of nitrogens with one attached hydrogen (secondary N) is 1. The fourth-order valence-corrected chi connectivity index (χ4v) is 4.10. The smallest absolute Gasteiger partial charge is 0.273 e. The first-order chi connectivity index (χ1) is 13.2. The topological polar surface area (TPSA) is 67.6 Å². The molecule has 3 aromatic rings. The lowest BCUT2D eigenvalue weighted by atomic mass is 10.0. The van der Waals surface area contributed by atoms with E-state index in [-0.39, 0.29) is 24.4 Å². The molecule has 0 spiro atoms. The number of aryl methyl sites for hydroxylation is 1. The fraction of sp³-hybridized carbons (Fsp3) is 0.300. The largest absolute Gasteiger partial charge is 0.496 e. The van der Waals surface area contributed by atoms with Crippen LogP contribution in [0, 0.1) is 6.92 Å². The highest BCUT2D eigenvalue weighted by Crippen LogP contribution is 2.32. The fourth-order valence-electron chi connectivity index (χ4n) is 3.35. The van der Waals surface area contributed by atoms with E-state index in [1.807, 2.05) is 48.2 Å². The molecule has 6 nitrogen and oxygen atoms in total. The standard InChI is InChI=1S/C20H21N3O3S.ClH/c1-13-7-8-18(26-13)19-22-15(12-27-19)20(24)23-10-9-21-11-16(23)14-5-3-4-6-17(14)25-2;/h3-8,12,16,21H,9-11H2,1-2H3;1H. The first kappa shape index (κ1) is 20.4. The van der Waals surface area contributed by atoms with Crippen molar-refractivity contribution in [3.05, 3.63) is 58.8 Å². The number of benzene rings is 1. The number of rotatable bonds is 4. The van der Waals surface area contributed by atoms with Crippen LogP contribution < -0.4 is 10.1 Å². The van der Waals surface area contributed by atoms with Crippen LogP contribution in [0.5, 0.6) is 5.75 Å². The summed E-state index contributed by atoms with van der Waals surface area (Å²) in [6.07, 6.45) is 0. The first-order valence-electron chi connectivity index (χ1n) is 8.84. The number of carbonyl (C=O) groups excluding carboxylic acids is 1. The lowest BCUT2D eigenvalue weighted by molar-refractivity contribution is 0.0626. The predicted molar refractivity (Wildman–Crippen MR) is 111 cm³/mol. The highest BCUT2D eigenvalue weighted by atomic mass is 35.5. The molecule has 0 radical (unpaired) electrons. The number of methoxy groups -OCH3 is 1. The molecule has 4 rings (SSSR count). The summed E-state index contributed by atoms with van der Waals surface area (Å²) in [6.45, 7) is 3.95. The van der Waals surface area contributed by atoms with Gasteiger partial charge >= 0.3 is 0 Å². The minimum Gasteiger partial charge on any atom is -0.496 e. The monoisotopic (exact) mass is 419 g/mol. The van der Waals surface area contributed by atoms with Gasteiger partial charge in [-0.3, -0.25) is 4.79 Å². The van der Waals surface area contributed by atoms with Crippen molar-refractivity contribution < 1.29 is 13.9 Å². The van der Waals surface area contributed by atoms with Gasteiger partial charge in [0.05, 0.1) is 13.2 Å². The zero-order chi connectivity index (χ0) is 18.8. The lowest BCUT2D eigenvalue weighted by Crippen LogP contribution is -2.48. The van der Waals surface area contributed by atoms with Crippen LogP contribution in [-0.2, 0) is 0 Å². The van der Waals surface area contributed by atoms with Gasteiger partial charge < -0.3 is 19.4 Å². The summed E-state index contributed by atoms with van der Waals surface area (Å²) < 4.78 is 11.1. The summed E-state index contributed by atoms with van der Waals surface area (Å²) in [5.74, 6) is 2.23. The minimum atomic E-state index is -0.0987. The van der Waals surface area contributed by atoms with E-state index in [2.05, 4.69) is 10.3 Å². The van der Waals surface area contributed by atoms with Crippen molar-refractivity contribution in [2.24, 2.45) is 0 Å². The summed E-state index contributed by atoms with van der Waals surface area (Å²) >= 11 is 1.42. The van der Waals surface area contributed by atoms with Crippen molar-refractivity contribution in [1.82, 2.24) is 15.2 Å². The third-order valence-corrected chi connectivity index (χ3v) is 5.53. The van der Waals surface area contributed by atoms with Crippen LogP contribution in [0.4, 0.5) is 0 Å². The molecule has 1 unspecified atom stereocenters. The van der Waals surface area contributed by atoms with E-state index in [0.29, 0.717) is 24.5 Å². The molecule has 1 aromatic carbocycles. The van der Waals surface area contributed by atoms with Crippen molar-refractivity contribution in [2.45, 2.75) is 13.0 Å². The van der Waals surface area contributed by atoms with Crippen molar-refractivity contribution in [3.63, 3.8) is 0 Å². The number of para-hydroxylation sites is 1. The number of amides is 1. The predicted octanol–water partition coefficient (Wildman–Crippen LogP) is 3.93. The van der Waals surface area contributed by atoms with Crippen LogP contribution >= 0.6 is 23.7 Å². The van der Waals surface area contributed by atoms with Crippen LogP contribution in [-0.4, -0.2) is 42.5 Å². The molecule has 1 atom stereocenters. The van der Waals surface area contributed by atoms with E-state index in [4.69, 9.17) is 9.15 Å². The van der Waals surface area contributed by atoms with Crippen LogP contribution in [0.25, 0.3) is 10.8 Å². The highest BCUT2D eigenvalue weighted by molar-refractivity contribution is 7.13. The number of furan rings is 1. The van der Waals surface area contributed by atoms with Gasteiger partial charge in [-0.15, -0.1) is 23.7 Å². The number of halogens is 1. The SMILES string of the molecule is COc1ccccc1C1CNCCN1C(=O)c1csc(-c2ccc(C)o2)n1.Cl. The Kier molecular flexibility index (Phi) is 6.39. The Morgan fingerprint density at radius 1 is 1.32 bits per heavy atom. The minimum absolute atomic E-state index is 0. The van der Waals surface area contributed by atoms with Gasteiger partial charge in [0.2, 0.25) is 0 Å². The molecule has 0 bridgehead atoms. The van der Waals surface area contributed by atoms with Crippen molar-refractivity contribution in [3.8, 4) is 16.5 Å². The molecule has 1 fully saturated rings. The number of ether oxygens (including phenoxy) is 1. The van der Waals surface area contributed by atoms with Crippen LogP contribution in [0.15, 0.2) is 46.2 Å². The van der Waals surface area contributed by atoms with E-state index in [9.17, 15) is 4.79 Å². The Morgan fingerprint density at radius 2 is 2.14 bits per heavy atom. The molecule has 0 aliphatic carbocycles. The molecule has 2 aromatic heterocycles. The molecule has 1 N–H and O–H groups in total. The third kappa shape index (κ3) is 3.92. The molecular weight excluding hydrogens is 398 g/mol. The van der Waals surface area contributed by atoms with Crippen LogP contribution in [0.2, 0.25) is 0 Å². The van der Waals surface area contributed by atoms with E-state index in [1.165, 1.54) is 11.3 Å². The summed E-state index contributed by atoms with van der Waals surface area (Å²) in [7, 11) is 1.65. The number of carbonyl (C=O) groups is 1. The van der Waals surface area contributed by atoms with Gasteiger partial charge in [0.25, 0.3) is 5.91 Å². The van der Waals surface area contributed by atoms with Gasteiger partial charge in [-0.05, 0) is 25.1 Å². The maximum atomic E-state index is 13.2. The Balaban J connectivity index is 0.00000225. The van der Waals surface area contributed by atoms with Gasteiger partial charge in [-0.2, -0.15) is 0 Å². The number of hydrogen-bond donors (Lipinski definition) is 1. The summed E-state index contributed by atoms with van der Waals surface area (Å²) in [5, 5.41) is 5.89. The zero-order valence-electron chi connectivity index (χ0n) is 15.7. The average Bonchev–Trinajstić information content (AvgIpc) is 3.36. The van der Waals surface area contributed by atoms with Crippen LogP contribution in [0.1, 0.15) is 27.9 Å². The quantitative estimate of drug-likeness (QED) is 0.694. The van der Waals surface area contributed by atoms with Gasteiger partial charge in [0, 0.05) is 30.6 Å².